The van der Waals surface area contributed by atoms with Crippen LogP contribution in [0.15, 0.2) is 24.3 Å². The molecule has 1 aromatic carbocycles. The SMILES string of the molecule is CC1(C)C(C(=O)O)C1(Cc1ccc(Cl)cc1)C(=O)O. The lowest BCUT2D eigenvalue weighted by molar-refractivity contribution is -0.149. The number of hydrogen-bond acceptors (Lipinski definition) is 2. The van der Waals surface area contributed by atoms with E-state index in [1.165, 1.54) is 0 Å². The topological polar surface area (TPSA) is 74.6 Å². The van der Waals surface area contributed by atoms with Gasteiger partial charge in [0.15, 0.2) is 0 Å². The highest BCUT2D eigenvalue weighted by atomic mass is 35.5. The molecule has 0 aliphatic heterocycles. The minimum absolute atomic E-state index is 0.198. The van der Waals surface area contributed by atoms with Crippen molar-refractivity contribution in [3.05, 3.63) is 34.9 Å². The second-order valence-electron chi connectivity index (χ2n) is 5.57. The van der Waals surface area contributed by atoms with Crippen molar-refractivity contribution >= 4 is 23.5 Å². The van der Waals surface area contributed by atoms with E-state index in [-0.39, 0.29) is 6.42 Å². The highest BCUT2D eigenvalue weighted by molar-refractivity contribution is 6.30. The summed E-state index contributed by atoms with van der Waals surface area (Å²) in [7, 11) is 0. The molecule has 0 saturated heterocycles. The molecule has 0 radical (unpaired) electrons. The molecular weight excluding hydrogens is 268 g/mol. The van der Waals surface area contributed by atoms with Crippen molar-refractivity contribution in [1.29, 1.82) is 0 Å². The molecule has 5 heteroatoms. The van der Waals surface area contributed by atoms with Crippen LogP contribution in [0.25, 0.3) is 0 Å². The third-order valence-corrected chi connectivity index (χ3v) is 4.56. The van der Waals surface area contributed by atoms with Gasteiger partial charge in [0.2, 0.25) is 0 Å². The predicted octanol–water partition coefficient (Wildman–Crippen LogP) is 2.69. The number of carboxylic acid groups (broad SMARTS) is 2. The Balaban J connectivity index is 2.36. The van der Waals surface area contributed by atoms with E-state index >= 15 is 0 Å². The molecule has 1 aliphatic rings. The van der Waals surface area contributed by atoms with Crippen LogP contribution in [0, 0.1) is 16.7 Å². The smallest absolute Gasteiger partial charge is 0.311 e. The lowest BCUT2D eigenvalue weighted by Gasteiger charge is -2.15. The third kappa shape index (κ3) is 1.91. The average molecular weight is 283 g/mol. The summed E-state index contributed by atoms with van der Waals surface area (Å²) in [6.07, 6.45) is 0.198. The van der Waals surface area contributed by atoms with Crippen LogP contribution in [0.2, 0.25) is 5.02 Å². The van der Waals surface area contributed by atoms with Gasteiger partial charge in [-0.1, -0.05) is 37.6 Å². The van der Waals surface area contributed by atoms with Crippen molar-refractivity contribution < 1.29 is 19.8 Å². The zero-order chi connectivity index (χ0) is 14.4. The summed E-state index contributed by atoms with van der Waals surface area (Å²) in [5.41, 5.74) is -1.22. The number of hydrogen-bond donors (Lipinski definition) is 2. The first kappa shape index (κ1) is 13.9. The van der Waals surface area contributed by atoms with Gasteiger partial charge in [-0.2, -0.15) is 0 Å². The van der Waals surface area contributed by atoms with E-state index in [0.29, 0.717) is 5.02 Å². The van der Waals surface area contributed by atoms with E-state index in [0.717, 1.165) is 5.56 Å². The molecule has 0 amide bonds. The normalized spacial score (nSPS) is 27.8. The Morgan fingerprint density at radius 2 is 1.74 bits per heavy atom. The highest BCUT2D eigenvalue weighted by Gasteiger charge is 2.78. The van der Waals surface area contributed by atoms with Gasteiger partial charge in [-0.25, -0.2) is 0 Å². The second kappa shape index (κ2) is 4.23. The maximum Gasteiger partial charge on any atom is 0.311 e. The molecule has 0 spiro atoms. The fraction of sp³-hybridized carbons (Fsp3) is 0.429. The first-order valence-electron chi connectivity index (χ1n) is 5.94. The predicted molar refractivity (Wildman–Crippen MR) is 70.1 cm³/mol. The number of aliphatic carboxylic acids is 2. The summed E-state index contributed by atoms with van der Waals surface area (Å²) < 4.78 is 0. The molecule has 1 saturated carbocycles. The molecule has 1 aromatic rings. The van der Waals surface area contributed by atoms with Crippen molar-refractivity contribution in [2.75, 3.05) is 0 Å². The maximum absolute atomic E-state index is 11.6. The Bertz CT molecular complexity index is 535. The summed E-state index contributed by atoms with van der Waals surface area (Å²) in [6.45, 7) is 3.38. The van der Waals surface area contributed by atoms with Crippen LogP contribution in [-0.4, -0.2) is 22.2 Å². The van der Waals surface area contributed by atoms with E-state index in [1.807, 2.05) is 0 Å². The summed E-state index contributed by atoms with van der Waals surface area (Å²) >= 11 is 5.79. The van der Waals surface area contributed by atoms with Gasteiger partial charge in [0.25, 0.3) is 0 Å². The van der Waals surface area contributed by atoms with Crippen molar-refractivity contribution in [3.63, 3.8) is 0 Å². The van der Waals surface area contributed by atoms with Crippen molar-refractivity contribution in [1.82, 2.24) is 0 Å². The van der Waals surface area contributed by atoms with Gasteiger partial charge < -0.3 is 10.2 Å². The molecule has 102 valence electrons. The third-order valence-electron chi connectivity index (χ3n) is 4.31. The molecule has 2 unspecified atom stereocenters. The van der Waals surface area contributed by atoms with Crippen LogP contribution in [0.4, 0.5) is 0 Å². The summed E-state index contributed by atoms with van der Waals surface area (Å²) in [4.78, 5) is 22.9. The molecule has 2 N–H and O–H groups in total. The van der Waals surface area contributed by atoms with E-state index in [4.69, 9.17) is 11.6 Å². The molecule has 2 rings (SSSR count). The van der Waals surface area contributed by atoms with E-state index in [1.54, 1.807) is 38.1 Å². The maximum atomic E-state index is 11.6. The zero-order valence-corrected chi connectivity index (χ0v) is 11.4. The van der Waals surface area contributed by atoms with Crippen LogP contribution in [0.1, 0.15) is 19.4 Å². The Morgan fingerprint density at radius 3 is 2.11 bits per heavy atom. The van der Waals surface area contributed by atoms with Crippen LogP contribution in [0.5, 0.6) is 0 Å². The summed E-state index contributed by atoms with van der Waals surface area (Å²) in [5.74, 6) is -2.98. The van der Waals surface area contributed by atoms with Gasteiger partial charge in [0.05, 0.1) is 11.3 Å². The molecule has 1 aliphatic carbocycles. The van der Waals surface area contributed by atoms with Gasteiger partial charge in [-0.05, 0) is 29.5 Å². The molecule has 19 heavy (non-hydrogen) atoms. The minimum Gasteiger partial charge on any atom is -0.481 e. The molecular formula is C14H15ClO4. The quantitative estimate of drug-likeness (QED) is 0.890. The van der Waals surface area contributed by atoms with Gasteiger partial charge in [0, 0.05) is 5.02 Å². The zero-order valence-electron chi connectivity index (χ0n) is 10.7. The summed E-state index contributed by atoms with van der Waals surface area (Å²) in [6, 6.07) is 6.83. The first-order valence-corrected chi connectivity index (χ1v) is 6.32. The molecule has 0 bridgehead atoms. The number of benzene rings is 1. The van der Waals surface area contributed by atoms with Gasteiger partial charge in [-0.3, -0.25) is 9.59 Å². The van der Waals surface area contributed by atoms with Crippen molar-refractivity contribution in [2.24, 2.45) is 16.7 Å². The van der Waals surface area contributed by atoms with E-state index in [9.17, 15) is 19.8 Å². The molecule has 1 fully saturated rings. The first-order chi connectivity index (χ1) is 8.73. The molecule has 0 heterocycles. The van der Waals surface area contributed by atoms with Gasteiger partial charge >= 0.3 is 11.9 Å². The number of halogens is 1. The van der Waals surface area contributed by atoms with Crippen LogP contribution in [0.3, 0.4) is 0 Å². The van der Waals surface area contributed by atoms with Crippen molar-refractivity contribution in [3.8, 4) is 0 Å². The second-order valence-corrected chi connectivity index (χ2v) is 6.01. The van der Waals surface area contributed by atoms with Crippen LogP contribution >= 0.6 is 11.6 Å². The fourth-order valence-electron chi connectivity index (χ4n) is 3.10. The number of rotatable bonds is 4. The van der Waals surface area contributed by atoms with E-state index < -0.39 is 28.7 Å². The van der Waals surface area contributed by atoms with E-state index in [2.05, 4.69) is 0 Å². The summed E-state index contributed by atoms with van der Waals surface area (Å²) in [5, 5.41) is 19.3. The molecule has 4 nitrogen and oxygen atoms in total. The fourth-order valence-corrected chi connectivity index (χ4v) is 3.23. The Labute approximate surface area is 116 Å². The highest BCUT2D eigenvalue weighted by Crippen LogP contribution is 2.70. The van der Waals surface area contributed by atoms with Gasteiger partial charge in [0.1, 0.15) is 0 Å². The standard InChI is InChI=1S/C14H15ClO4/c1-13(2)10(11(16)17)14(13,12(18)19)7-8-3-5-9(15)6-4-8/h3-6,10H,7H2,1-2H3,(H,16,17)(H,18,19). The molecule has 0 aromatic heterocycles. The number of carboxylic acids is 2. The average Bonchev–Trinajstić information content (AvgIpc) is 2.79. The molecule has 2 atom stereocenters. The lowest BCUT2D eigenvalue weighted by Crippen LogP contribution is -2.25. The monoisotopic (exact) mass is 282 g/mol. The Kier molecular flexibility index (Phi) is 3.09. The lowest BCUT2D eigenvalue weighted by atomic mass is 9.88. The van der Waals surface area contributed by atoms with Gasteiger partial charge in [-0.15, -0.1) is 0 Å². The van der Waals surface area contributed by atoms with Crippen LogP contribution in [-0.2, 0) is 16.0 Å². The van der Waals surface area contributed by atoms with Crippen molar-refractivity contribution in [2.45, 2.75) is 20.3 Å². The Morgan fingerprint density at radius 1 is 1.21 bits per heavy atom. The van der Waals surface area contributed by atoms with Crippen LogP contribution < -0.4 is 0 Å². The largest absolute Gasteiger partial charge is 0.481 e. The Hall–Kier alpha value is -1.55. The number of carbonyl (C=O) groups is 2. The minimum atomic E-state index is -1.24.